The van der Waals surface area contributed by atoms with Crippen molar-refractivity contribution in [3.63, 3.8) is 0 Å². The summed E-state index contributed by atoms with van der Waals surface area (Å²) in [6.07, 6.45) is 10.9. The molecule has 25 heavy (non-hydrogen) atoms. The van der Waals surface area contributed by atoms with Crippen LogP contribution in [0.3, 0.4) is 0 Å². The Balaban J connectivity index is 1.53. The van der Waals surface area contributed by atoms with Gasteiger partial charge in [0, 0.05) is 36.7 Å². The van der Waals surface area contributed by atoms with E-state index in [1.165, 1.54) is 18.4 Å². The van der Waals surface area contributed by atoms with E-state index in [0.29, 0.717) is 12.0 Å². The van der Waals surface area contributed by atoms with E-state index in [4.69, 9.17) is 4.98 Å². The average molecular weight is 352 g/mol. The Morgan fingerprint density at radius 2 is 2.00 bits per heavy atom. The zero-order valence-corrected chi connectivity index (χ0v) is 14.7. The highest BCUT2D eigenvalue weighted by atomic mass is 32.1. The number of hydrogen-bond donors (Lipinski definition) is 1. The molecule has 4 heterocycles. The van der Waals surface area contributed by atoms with Gasteiger partial charge in [-0.05, 0) is 43.1 Å². The van der Waals surface area contributed by atoms with Crippen LogP contribution in [0.5, 0.6) is 0 Å². The first-order chi connectivity index (χ1) is 12.4. The molecule has 1 saturated heterocycles. The number of thiazole rings is 1. The van der Waals surface area contributed by atoms with E-state index in [-0.39, 0.29) is 0 Å². The van der Waals surface area contributed by atoms with E-state index >= 15 is 0 Å². The van der Waals surface area contributed by atoms with Gasteiger partial charge >= 0.3 is 0 Å². The molecule has 0 spiro atoms. The van der Waals surface area contributed by atoms with Crippen LogP contribution in [0, 0.1) is 0 Å². The Morgan fingerprint density at radius 3 is 2.84 bits per heavy atom. The topological polar surface area (TPSA) is 66.8 Å². The Labute approximate surface area is 151 Å². The smallest absolute Gasteiger partial charge is 0.229 e. The summed E-state index contributed by atoms with van der Waals surface area (Å²) in [6.45, 7) is 2.01. The Bertz CT molecular complexity index is 792. The molecule has 3 aromatic heterocycles. The first-order valence-electron chi connectivity index (χ1n) is 8.51. The molecule has 0 saturated carbocycles. The highest BCUT2D eigenvalue weighted by molar-refractivity contribution is 7.13. The molecule has 1 unspecified atom stereocenters. The minimum atomic E-state index is 0.321. The second-order valence-electron chi connectivity index (χ2n) is 6.10. The number of hydrogen-bond acceptors (Lipinski definition) is 7. The first kappa shape index (κ1) is 16.1. The van der Waals surface area contributed by atoms with Crippen molar-refractivity contribution in [2.24, 2.45) is 0 Å². The number of aromatic nitrogens is 4. The first-order valence-corrected chi connectivity index (χ1v) is 9.39. The summed E-state index contributed by atoms with van der Waals surface area (Å²) >= 11 is 1.54. The SMILES string of the molecule is c1cc(CN2CCCCC2c2ccnc(Nc3nccs3)n2)ccn1. The number of piperidine rings is 1. The van der Waals surface area contributed by atoms with Crippen molar-refractivity contribution in [2.75, 3.05) is 11.9 Å². The van der Waals surface area contributed by atoms with Crippen LogP contribution in [0.15, 0.2) is 48.4 Å². The van der Waals surface area contributed by atoms with E-state index in [9.17, 15) is 0 Å². The van der Waals surface area contributed by atoms with Crippen LogP contribution in [-0.2, 0) is 6.54 Å². The van der Waals surface area contributed by atoms with Crippen molar-refractivity contribution < 1.29 is 0 Å². The molecule has 3 aromatic rings. The number of nitrogens with one attached hydrogen (secondary N) is 1. The zero-order chi connectivity index (χ0) is 16.9. The van der Waals surface area contributed by atoms with Gasteiger partial charge in [0.25, 0.3) is 0 Å². The standard InChI is InChI=1S/C18H20N6S/c1-2-11-24(13-14-4-7-19-8-5-14)16(3-1)15-6-9-20-17(22-15)23-18-21-10-12-25-18/h4-10,12,16H,1-3,11,13H2,(H,20,21,22,23). The predicted molar refractivity (Wildman–Crippen MR) is 98.7 cm³/mol. The molecule has 0 radical (unpaired) electrons. The van der Waals surface area contributed by atoms with Gasteiger partial charge in [-0.1, -0.05) is 6.42 Å². The lowest BCUT2D eigenvalue weighted by Gasteiger charge is -2.35. The van der Waals surface area contributed by atoms with Gasteiger partial charge < -0.3 is 5.32 Å². The van der Waals surface area contributed by atoms with Gasteiger partial charge in [0.1, 0.15) is 0 Å². The third-order valence-electron chi connectivity index (χ3n) is 4.42. The van der Waals surface area contributed by atoms with Crippen molar-refractivity contribution in [1.82, 2.24) is 24.8 Å². The van der Waals surface area contributed by atoms with Gasteiger partial charge in [0.2, 0.25) is 5.95 Å². The summed E-state index contributed by atoms with van der Waals surface area (Å²) in [6, 6.07) is 6.52. The summed E-state index contributed by atoms with van der Waals surface area (Å²) in [5, 5.41) is 5.93. The predicted octanol–water partition coefficient (Wildman–Crippen LogP) is 3.80. The largest absolute Gasteiger partial charge is 0.300 e. The molecule has 1 aliphatic heterocycles. The Kier molecular flexibility index (Phi) is 4.94. The molecular formula is C18H20N6S. The molecule has 0 aromatic carbocycles. The van der Waals surface area contributed by atoms with Crippen molar-refractivity contribution in [1.29, 1.82) is 0 Å². The third kappa shape index (κ3) is 4.00. The molecule has 4 rings (SSSR count). The number of rotatable bonds is 5. The van der Waals surface area contributed by atoms with E-state index in [0.717, 1.165) is 30.3 Å². The van der Waals surface area contributed by atoms with Crippen LogP contribution in [0.1, 0.15) is 36.6 Å². The van der Waals surface area contributed by atoms with Gasteiger partial charge in [0.15, 0.2) is 5.13 Å². The number of pyridine rings is 1. The molecule has 1 atom stereocenters. The third-order valence-corrected chi connectivity index (χ3v) is 5.11. The fourth-order valence-electron chi connectivity index (χ4n) is 3.24. The molecule has 0 amide bonds. The minimum Gasteiger partial charge on any atom is -0.300 e. The maximum absolute atomic E-state index is 4.75. The summed E-state index contributed by atoms with van der Waals surface area (Å²) in [4.78, 5) is 19.9. The Hall–Kier alpha value is -2.38. The normalized spacial score (nSPS) is 18.2. The van der Waals surface area contributed by atoms with Gasteiger partial charge in [-0.25, -0.2) is 15.0 Å². The van der Waals surface area contributed by atoms with E-state index < -0.39 is 0 Å². The lowest BCUT2D eigenvalue weighted by molar-refractivity contribution is 0.137. The molecule has 0 bridgehead atoms. The lowest BCUT2D eigenvalue weighted by atomic mass is 9.98. The van der Waals surface area contributed by atoms with Gasteiger partial charge in [0.05, 0.1) is 11.7 Å². The minimum absolute atomic E-state index is 0.321. The maximum Gasteiger partial charge on any atom is 0.229 e. The molecule has 6 nitrogen and oxygen atoms in total. The Morgan fingerprint density at radius 1 is 1.08 bits per heavy atom. The van der Waals surface area contributed by atoms with Crippen molar-refractivity contribution in [2.45, 2.75) is 31.8 Å². The number of nitrogens with zero attached hydrogens (tertiary/aromatic N) is 5. The highest BCUT2D eigenvalue weighted by Gasteiger charge is 2.25. The number of anilines is 2. The van der Waals surface area contributed by atoms with E-state index in [1.54, 1.807) is 17.5 Å². The van der Waals surface area contributed by atoms with Crippen LogP contribution < -0.4 is 5.32 Å². The van der Waals surface area contributed by atoms with Gasteiger partial charge in [-0.3, -0.25) is 9.88 Å². The van der Waals surface area contributed by atoms with Crippen LogP contribution in [0.25, 0.3) is 0 Å². The quantitative estimate of drug-likeness (QED) is 0.753. The van der Waals surface area contributed by atoms with Crippen molar-refractivity contribution in [3.05, 3.63) is 59.6 Å². The molecule has 1 aliphatic rings. The van der Waals surface area contributed by atoms with Gasteiger partial charge in [-0.15, -0.1) is 11.3 Å². The molecule has 7 heteroatoms. The van der Waals surface area contributed by atoms with Crippen molar-refractivity contribution in [3.8, 4) is 0 Å². The molecular weight excluding hydrogens is 332 g/mol. The fraction of sp³-hybridized carbons (Fsp3) is 0.333. The zero-order valence-electron chi connectivity index (χ0n) is 13.9. The monoisotopic (exact) mass is 352 g/mol. The van der Waals surface area contributed by atoms with Gasteiger partial charge in [-0.2, -0.15) is 0 Å². The lowest BCUT2D eigenvalue weighted by Crippen LogP contribution is -2.33. The summed E-state index contributed by atoms with van der Waals surface area (Å²) in [5.74, 6) is 0.613. The molecule has 0 aliphatic carbocycles. The van der Waals surface area contributed by atoms with E-state index in [1.807, 2.05) is 30.0 Å². The second-order valence-corrected chi connectivity index (χ2v) is 7.00. The highest BCUT2D eigenvalue weighted by Crippen LogP contribution is 2.31. The average Bonchev–Trinajstić information content (AvgIpc) is 3.16. The summed E-state index contributed by atoms with van der Waals surface area (Å²) < 4.78 is 0. The van der Waals surface area contributed by atoms with Crippen LogP contribution in [-0.4, -0.2) is 31.4 Å². The maximum atomic E-state index is 4.75. The second kappa shape index (κ2) is 7.67. The van der Waals surface area contributed by atoms with E-state index in [2.05, 4.69) is 37.3 Å². The van der Waals surface area contributed by atoms with Crippen LogP contribution in [0.2, 0.25) is 0 Å². The summed E-state index contributed by atoms with van der Waals surface area (Å²) in [7, 11) is 0. The summed E-state index contributed by atoms with van der Waals surface area (Å²) in [5.41, 5.74) is 2.36. The molecule has 128 valence electrons. The number of likely N-dealkylation sites (tertiary alicyclic amines) is 1. The molecule has 1 N–H and O–H groups in total. The fourth-order valence-corrected chi connectivity index (χ4v) is 3.76. The van der Waals surface area contributed by atoms with Crippen LogP contribution in [0.4, 0.5) is 11.1 Å². The molecule has 1 fully saturated rings. The van der Waals surface area contributed by atoms with Crippen molar-refractivity contribution >= 4 is 22.4 Å². The van der Waals surface area contributed by atoms with Crippen LogP contribution >= 0.6 is 11.3 Å².